The molecule has 0 aliphatic rings. The summed E-state index contributed by atoms with van der Waals surface area (Å²) >= 11 is 1.62. The molecule has 0 atom stereocenters. The molecule has 4 aromatic rings. The predicted molar refractivity (Wildman–Crippen MR) is 122 cm³/mol. The number of thiophene rings is 1. The Bertz CT molecular complexity index is 1220. The lowest BCUT2D eigenvalue weighted by molar-refractivity contribution is 0.104. The molecule has 0 saturated carbocycles. The van der Waals surface area contributed by atoms with Crippen LogP contribution in [0.5, 0.6) is 5.75 Å². The molecule has 6 heteroatoms. The van der Waals surface area contributed by atoms with Gasteiger partial charge >= 0.3 is 0 Å². The average molecular weight is 426 g/mol. The number of nitriles is 1. The highest BCUT2D eigenvalue weighted by Gasteiger charge is 2.11. The van der Waals surface area contributed by atoms with Gasteiger partial charge in [0.2, 0.25) is 0 Å². The molecule has 0 radical (unpaired) electrons. The summed E-state index contributed by atoms with van der Waals surface area (Å²) in [5.41, 5.74) is 3.46. The Hall–Kier alpha value is -3.95. The van der Waals surface area contributed by atoms with E-state index in [0.29, 0.717) is 17.9 Å². The molecular weight excluding hydrogens is 406 g/mol. The summed E-state index contributed by atoms with van der Waals surface area (Å²) in [7, 11) is 0. The molecule has 2 aromatic carbocycles. The Morgan fingerprint density at radius 2 is 1.90 bits per heavy atom. The molecule has 0 N–H and O–H groups in total. The number of nitrogens with zero attached hydrogens (tertiary/aromatic N) is 3. The second kappa shape index (κ2) is 9.70. The fourth-order valence-electron chi connectivity index (χ4n) is 3.11. The number of ether oxygens (including phenoxy) is 1. The molecule has 0 aliphatic heterocycles. The van der Waals surface area contributed by atoms with Gasteiger partial charge in [0.1, 0.15) is 17.5 Å². The van der Waals surface area contributed by atoms with Crippen LogP contribution in [-0.4, -0.2) is 22.2 Å². The molecule has 31 heavy (non-hydrogen) atoms. The lowest BCUT2D eigenvalue weighted by Crippen LogP contribution is -1.99. The normalized spacial score (nSPS) is 10.8. The third kappa shape index (κ3) is 5.16. The second-order valence-corrected chi connectivity index (χ2v) is 7.71. The third-order valence-electron chi connectivity index (χ3n) is 4.59. The Morgan fingerprint density at radius 1 is 1.10 bits per heavy atom. The lowest BCUT2D eigenvalue weighted by atomic mass is 10.1. The van der Waals surface area contributed by atoms with Crippen LogP contribution in [0.15, 0.2) is 84.4 Å². The van der Waals surface area contributed by atoms with Gasteiger partial charge < -0.3 is 4.74 Å². The highest BCUT2D eigenvalue weighted by molar-refractivity contribution is 7.13. The maximum atomic E-state index is 12.6. The first-order valence-corrected chi connectivity index (χ1v) is 10.6. The molecule has 0 fully saturated rings. The van der Waals surface area contributed by atoms with E-state index in [0.717, 1.165) is 21.7 Å². The van der Waals surface area contributed by atoms with E-state index in [1.54, 1.807) is 41.7 Å². The Kier molecular flexibility index (Phi) is 6.36. The zero-order valence-electron chi connectivity index (χ0n) is 16.6. The summed E-state index contributed by atoms with van der Waals surface area (Å²) in [5.74, 6) is 0.448. The van der Waals surface area contributed by atoms with Crippen molar-refractivity contribution in [3.05, 3.63) is 101 Å². The van der Waals surface area contributed by atoms with Gasteiger partial charge in [-0.3, -0.25) is 9.48 Å². The van der Waals surface area contributed by atoms with E-state index < -0.39 is 0 Å². The van der Waals surface area contributed by atoms with Crippen molar-refractivity contribution in [2.75, 3.05) is 6.61 Å². The molecule has 0 unspecified atom stereocenters. The predicted octanol–water partition coefficient (Wildman–Crippen LogP) is 5.46. The van der Waals surface area contributed by atoms with Gasteiger partial charge in [-0.25, -0.2) is 0 Å². The molecule has 0 aliphatic carbocycles. The van der Waals surface area contributed by atoms with Crippen molar-refractivity contribution in [3.63, 3.8) is 0 Å². The van der Waals surface area contributed by atoms with Gasteiger partial charge in [-0.05, 0) is 53.4 Å². The summed E-state index contributed by atoms with van der Waals surface area (Å²) in [6.07, 6.45) is 5.34. The Labute approximate surface area is 184 Å². The van der Waals surface area contributed by atoms with E-state index in [2.05, 4.69) is 12.1 Å². The first-order valence-electron chi connectivity index (χ1n) is 9.70. The maximum Gasteiger partial charge on any atom is 0.185 e. The van der Waals surface area contributed by atoms with Gasteiger partial charge in [0.15, 0.2) is 12.4 Å². The lowest BCUT2D eigenvalue weighted by Gasteiger charge is -2.01. The Morgan fingerprint density at radius 3 is 2.61 bits per heavy atom. The third-order valence-corrected chi connectivity index (χ3v) is 5.47. The van der Waals surface area contributed by atoms with Gasteiger partial charge in [-0.2, -0.15) is 10.4 Å². The number of aromatic nitrogens is 2. The number of ketones is 1. The molecule has 0 spiro atoms. The summed E-state index contributed by atoms with van der Waals surface area (Å²) in [6, 6.07) is 22.8. The fourth-order valence-corrected chi connectivity index (χ4v) is 3.84. The summed E-state index contributed by atoms with van der Waals surface area (Å²) < 4.78 is 7.13. The molecule has 0 saturated heterocycles. The maximum absolute atomic E-state index is 12.6. The number of carbonyl (C=O) groups excluding carboxylic acids is 1. The number of carbonyl (C=O) groups is 1. The van der Waals surface area contributed by atoms with Crippen LogP contribution in [0, 0.1) is 11.3 Å². The van der Waals surface area contributed by atoms with E-state index in [1.165, 1.54) is 0 Å². The van der Waals surface area contributed by atoms with Crippen LogP contribution in [0.4, 0.5) is 0 Å². The number of hydrogen-bond acceptors (Lipinski definition) is 5. The molecule has 2 heterocycles. The van der Waals surface area contributed by atoms with E-state index in [1.807, 2.05) is 58.7 Å². The van der Waals surface area contributed by atoms with Crippen LogP contribution in [0.1, 0.15) is 21.5 Å². The van der Waals surface area contributed by atoms with Gasteiger partial charge in [-0.1, -0.05) is 36.4 Å². The van der Waals surface area contributed by atoms with E-state index in [-0.39, 0.29) is 12.4 Å². The highest BCUT2D eigenvalue weighted by atomic mass is 32.1. The van der Waals surface area contributed by atoms with Crippen LogP contribution in [0.2, 0.25) is 0 Å². The highest BCUT2D eigenvalue weighted by Crippen LogP contribution is 2.28. The molecule has 152 valence electrons. The van der Waals surface area contributed by atoms with Crippen molar-refractivity contribution in [2.24, 2.45) is 0 Å². The van der Waals surface area contributed by atoms with Crippen molar-refractivity contribution >= 4 is 23.2 Å². The van der Waals surface area contributed by atoms with Crippen molar-refractivity contribution < 1.29 is 9.53 Å². The molecule has 0 bridgehead atoms. The van der Waals surface area contributed by atoms with Crippen LogP contribution in [0.25, 0.3) is 16.6 Å². The summed E-state index contributed by atoms with van der Waals surface area (Å²) in [5, 5.41) is 15.4. The fraction of sp³-hybridized carbons (Fsp3) is 0.0800. The van der Waals surface area contributed by atoms with Crippen molar-refractivity contribution in [1.29, 1.82) is 5.26 Å². The standard InChI is InChI=1S/C25H19N3O2S/c26-14-15-30-22-11-8-20(9-12-22)23(29)13-10-21-18-28(17-19-5-2-1-3-6-19)27-25(21)24-7-4-16-31-24/h1-13,16,18H,15,17H2/b13-10+. The summed E-state index contributed by atoms with van der Waals surface area (Å²) in [6.45, 7) is 0.636. The minimum absolute atomic E-state index is 0.0222. The zero-order chi connectivity index (χ0) is 21.5. The minimum atomic E-state index is -0.111. The molecular formula is C25H19N3O2S. The van der Waals surface area contributed by atoms with Gasteiger partial charge in [0, 0.05) is 17.3 Å². The molecule has 4 rings (SSSR count). The van der Waals surface area contributed by atoms with E-state index >= 15 is 0 Å². The van der Waals surface area contributed by atoms with Crippen LogP contribution >= 0.6 is 11.3 Å². The smallest absolute Gasteiger partial charge is 0.185 e. The van der Waals surface area contributed by atoms with Crippen molar-refractivity contribution in [3.8, 4) is 22.4 Å². The van der Waals surface area contributed by atoms with Crippen LogP contribution in [-0.2, 0) is 6.54 Å². The van der Waals surface area contributed by atoms with Gasteiger partial charge in [0.25, 0.3) is 0 Å². The zero-order valence-corrected chi connectivity index (χ0v) is 17.5. The second-order valence-electron chi connectivity index (χ2n) is 6.76. The van der Waals surface area contributed by atoms with Crippen molar-refractivity contribution in [2.45, 2.75) is 6.54 Å². The van der Waals surface area contributed by atoms with E-state index in [9.17, 15) is 4.79 Å². The number of rotatable bonds is 8. The SMILES string of the molecule is N#CCOc1ccc(C(=O)/C=C/c2cn(Cc3ccccc3)nc2-c2cccs2)cc1. The Balaban J connectivity index is 1.55. The summed E-state index contributed by atoms with van der Waals surface area (Å²) in [4.78, 5) is 13.7. The van der Waals surface area contributed by atoms with E-state index in [4.69, 9.17) is 15.1 Å². The molecule has 0 amide bonds. The first kappa shape index (κ1) is 20.3. The topological polar surface area (TPSA) is 67.9 Å². The average Bonchev–Trinajstić information content (AvgIpc) is 3.47. The van der Waals surface area contributed by atoms with Gasteiger partial charge in [-0.15, -0.1) is 11.3 Å². The van der Waals surface area contributed by atoms with Gasteiger partial charge in [0.05, 0.1) is 11.4 Å². The largest absolute Gasteiger partial charge is 0.479 e. The number of benzene rings is 2. The quantitative estimate of drug-likeness (QED) is 0.278. The van der Waals surface area contributed by atoms with Crippen molar-refractivity contribution in [1.82, 2.24) is 9.78 Å². The monoisotopic (exact) mass is 425 g/mol. The van der Waals surface area contributed by atoms with Crippen LogP contribution in [0.3, 0.4) is 0 Å². The molecule has 2 aromatic heterocycles. The number of allylic oxidation sites excluding steroid dienone is 1. The van der Waals surface area contributed by atoms with Crippen LogP contribution < -0.4 is 4.74 Å². The first-order chi connectivity index (χ1) is 15.2. The number of hydrogen-bond donors (Lipinski definition) is 0. The minimum Gasteiger partial charge on any atom is -0.479 e. The molecule has 5 nitrogen and oxygen atoms in total.